The molecule has 0 aromatic carbocycles. The first-order valence-corrected chi connectivity index (χ1v) is 9.01. The van der Waals surface area contributed by atoms with Gasteiger partial charge < -0.3 is 14.4 Å². The Hall–Kier alpha value is -1.80. The lowest BCUT2D eigenvalue weighted by atomic mass is 10.1. The molecular weight excluding hydrogens is 324 g/mol. The van der Waals surface area contributed by atoms with E-state index in [-0.39, 0.29) is 5.91 Å². The van der Waals surface area contributed by atoms with E-state index in [4.69, 9.17) is 0 Å². The van der Waals surface area contributed by atoms with Gasteiger partial charge in [-0.25, -0.2) is 4.98 Å². The SMILES string of the molecule is Cc1snnc1C(=O)N1Cc2nccn2C[C@@H](CN(C)C(C)C)C1. The van der Waals surface area contributed by atoms with Crippen LogP contribution in [0.3, 0.4) is 0 Å². The Bertz CT molecular complexity index is 709. The zero-order chi connectivity index (χ0) is 17.3. The number of aryl methyl sites for hydroxylation is 1. The summed E-state index contributed by atoms with van der Waals surface area (Å²) in [6, 6.07) is 0.477. The Labute approximate surface area is 146 Å². The first-order chi connectivity index (χ1) is 11.5. The third-order valence-corrected chi connectivity index (χ3v) is 5.27. The van der Waals surface area contributed by atoms with Crippen LogP contribution in [0.2, 0.25) is 0 Å². The summed E-state index contributed by atoms with van der Waals surface area (Å²) in [6.45, 7) is 9.30. The molecule has 7 nitrogen and oxygen atoms in total. The van der Waals surface area contributed by atoms with Crippen molar-refractivity contribution in [2.45, 2.75) is 39.9 Å². The molecule has 8 heteroatoms. The number of nitrogens with zero attached hydrogens (tertiary/aromatic N) is 6. The second-order valence-electron chi connectivity index (χ2n) is 6.76. The van der Waals surface area contributed by atoms with E-state index < -0.39 is 0 Å². The summed E-state index contributed by atoms with van der Waals surface area (Å²) in [5, 5.41) is 4.02. The zero-order valence-corrected chi connectivity index (χ0v) is 15.5. The number of imidazole rings is 1. The predicted molar refractivity (Wildman–Crippen MR) is 92.9 cm³/mol. The maximum Gasteiger partial charge on any atom is 0.276 e. The molecule has 2 aromatic heterocycles. The van der Waals surface area contributed by atoms with E-state index in [1.165, 1.54) is 11.5 Å². The highest BCUT2D eigenvalue weighted by molar-refractivity contribution is 7.05. The summed E-state index contributed by atoms with van der Waals surface area (Å²) in [6.07, 6.45) is 3.81. The van der Waals surface area contributed by atoms with E-state index >= 15 is 0 Å². The Morgan fingerprint density at radius 1 is 1.46 bits per heavy atom. The largest absolute Gasteiger partial charge is 0.333 e. The highest BCUT2D eigenvalue weighted by atomic mass is 32.1. The minimum Gasteiger partial charge on any atom is -0.333 e. The molecule has 1 amide bonds. The highest BCUT2D eigenvalue weighted by Crippen LogP contribution is 2.20. The van der Waals surface area contributed by atoms with Crippen LogP contribution in [0.15, 0.2) is 12.4 Å². The van der Waals surface area contributed by atoms with Gasteiger partial charge in [-0.05, 0) is 39.4 Å². The number of hydrogen-bond acceptors (Lipinski definition) is 6. The van der Waals surface area contributed by atoms with Gasteiger partial charge in [0.05, 0.1) is 11.4 Å². The molecule has 2 aromatic rings. The van der Waals surface area contributed by atoms with Crippen LogP contribution < -0.4 is 0 Å². The van der Waals surface area contributed by atoms with E-state index in [9.17, 15) is 4.79 Å². The lowest BCUT2D eigenvalue weighted by molar-refractivity contribution is 0.0696. The van der Waals surface area contributed by atoms with Gasteiger partial charge in [0.25, 0.3) is 5.91 Å². The van der Waals surface area contributed by atoms with Crippen molar-refractivity contribution >= 4 is 17.4 Å². The van der Waals surface area contributed by atoms with Crippen LogP contribution in [0.5, 0.6) is 0 Å². The van der Waals surface area contributed by atoms with E-state index in [1.807, 2.05) is 24.2 Å². The minimum absolute atomic E-state index is 0.0464. The van der Waals surface area contributed by atoms with Crippen molar-refractivity contribution < 1.29 is 4.79 Å². The molecule has 24 heavy (non-hydrogen) atoms. The number of amides is 1. The molecule has 1 aliphatic heterocycles. The fourth-order valence-corrected chi connectivity index (χ4v) is 3.47. The lowest BCUT2D eigenvalue weighted by Gasteiger charge is -2.29. The van der Waals surface area contributed by atoms with Crippen molar-refractivity contribution in [3.8, 4) is 0 Å². The summed E-state index contributed by atoms with van der Waals surface area (Å²) in [5.41, 5.74) is 0.468. The third-order valence-electron chi connectivity index (χ3n) is 4.64. The second kappa shape index (κ2) is 6.98. The smallest absolute Gasteiger partial charge is 0.276 e. The third kappa shape index (κ3) is 3.49. The summed E-state index contributed by atoms with van der Waals surface area (Å²) >= 11 is 1.27. The first kappa shape index (κ1) is 17.0. The molecule has 0 N–H and O–H groups in total. The van der Waals surface area contributed by atoms with Crippen molar-refractivity contribution in [2.75, 3.05) is 20.1 Å². The number of carbonyl (C=O) groups is 1. The van der Waals surface area contributed by atoms with E-state index in [2.05, 4.69) is 44.9 Å². The van der Waals surface area contributed by atoms with Gasteiger partial charge in [0.1, 0.15) is 5.82 Å². The van der Waals surface area contributed by atoms with Crippen molar-refractivity contribution in [3.05, 3.63) is 28.8 Å². The molecule has 3 heterocycles. The molecule has 0 bridgehead atoms. The normalized spacial score (nSPS) is 18.1. The molecule has 0 unspecified atom stereocenters. The van der Waals surface area contributed by atoms with Gasteiger partial charge in [0.15, 0.2) is 5.69 Å². The zero-order valence-electron chi connectivity index (χ0n) is 14.6. The molecule has 1 aliphatic rings. The Morgan fingerprint density at radius 3 is 2.92 bits per heavy atom. The Morgan fingerprint density at radius 2 is 2.25 bits per heavy atom. The van der Waals surface area contributed by atoms with Crippen LogP contribution in [0.4, 0.5) is 0 Å². The minimum atomic E-state index is -0.0464. The van der Waals surface area contributed by atoms with E-state index in [1.54, 1.807) is 0 Å². The molecule has 0 aliphatic carbocycles. The lowest BCUT2D eigenvalue weighted by Crippen LogP contribution is -2.40. The van der Waals surface area contributed by atoms with Crippen molar-refractivity contribution in [2.24, 2.45) is 5.92 Å². The van der Waals surface area contributed by atoms with Gasteiger partial charge in [-0.3, -0.25) is 4.79 Å². The molecule has 1 atom stereocenters. The first-order valence-electron chi connectivity index (χ1n) is 8.24. The quantitative estimate of drug-likeness (QED) is 0.840. The highest BCUT2D eigenvalue weighted by Gasteiger charge is 2.29. The maximum atomic E-state index is 12.9. The summed E-state index contributed by atoms with van der Waals surface area (Å²) in [5.74, 6) is 1.23. The monoisotopic (exact) mass is 348 g/mol. The molecule has 0 fully saturated rings. The van der Waals surface area contributed by atoms with Crippen molar-refractivity contribution in [1.82, 2.24) is 28.9 Å². The number of aromatic nitrogens is 4. The van der Waals surface area contributed by atoms with Gasteiger partial charge in [0.2, 0.25) is 0 Å². The summed E-state index contributed by atoms with van der Waals surface area (Å²) in [4.78, 5) is 22.4. The van der Waals surface area contributed by atoms with Gasteiger partial charge >= 0.3 is 0 Å². The average Bonchev–Trinajstić information content (AvgIpc) is 3.11. The van der Waals surface area contributed by atoms with Gasteiger partial charge in [-0.2, -0.15) is 0 Å². The molecule has 3 rings (SSSR count). The standard InChI is InChI=1S/C16H24N6OS/c1-11(2)20(4)7-13-8-21-6-5-17-14(21)10-22(9-13)16(23)15-12(3)24-19-18-15/h5-6,11,13H,7-10H2,1-4H3/t13-/m1/s1. The van der Waals surface area contributed by atoms with Crippen LogP contribution in [0.25, 0.3) is 0 Å². The molecule has 130 valence electrons. The number of carbonyl (C=O) groups excluding carboxylic acids is 1. The van der Waals surface area contributed by atoms with Crippen molar-refractivity contribution in [1.29, 1.82) is 0 Å². The molecular formula is C16H24N6OS. The fourth-order valence-electron chi connectivity index (χ4n) is 3.01. The topological polar surface area (TPSA) is 67.2 Å². The molecule has 0 saturated carbocycles. The molecule has 0 radical (unpaired) electrons. The van der Waals surface area contributed by atoms with Crippen LogP contribution in [-0.2, 0) is 13.1 Å². The molecule has 0 spiro atoms. The van der Waals surface area contributed by atoms with E-state index in [0.29, 0.717) is 30.7 Å². The van der Waals surface area contributed by atoms with Crippen LogP contribution in [0.1, 0.15) is 35.0 Å². The maximum absolute atomic E-state index is 12.9. The van der Waals surface area contributed by atoms with Gasteiger partial charge in [-0.15, -0.1) is 5.10 Å². The summed E-state index contributed by atoms with van der Waals surface area (Å²) < 4.78 is 6.07. The Kier molecular flexibility index (Phi) is 4.96. The van der Waals surface area contributed by atoms with Crippen LogP contribution >= 0.6 is 11.5 Å². The van der Waals surface area contributed by atoms with Gasteiger partial charge in [-0.1, -0.05) is 4.49 Å². The molecule has 0 saturated heterocycles. The average molecular weight is 348 g/mol. The van der Waals surface area contributed by atoms with E-state index in [0.717, 1.165) is 23.8 Å². The predicted octanol–water partition coefficient (Wildman–Crippen LogP) is 1.66. The second-order valence-corrected chi connectivity index (χ2v) is 7.72. The van der Waals surface area contributed by atoms with Crippen molar-refractivity contribution in [3.63, 3.8) is 0 Å². The van der Waals surface area contributed by atoms with Crippen LogP contribution in [0, 0.1) is 12.8 Å². The van der Waals surface area contributed by atoms with Gasteiger partial charge in [0, 0.05) is 44.0 Å². The van der Waals surface area contributed by atoms with Crippen LogP contribution in [-0.4, -0.2) is 61.0 Å². The Balaban J connectivity index is 1.84. The number of rotatable bonds is 4. The number of hydrogen-bond donors (Lipinski definition) is 0. The fraction of sp³-hybridized carbons (Fsp3) is 0.625. The number of fused-ring (bicyclic) bond motifs is 1. The summed E-state index contributed by atoms with van der Waals surface area (Å²) in [7, 11) is 2.13.